The number of nitrogens with one attached hydrogen (secondary N) is 1. The van der Waals surface area contributed by atoms with Crippen LogP contribution in [0.2, 0.25) is 0 Å². The van der Waals surface area contributed by atoms with Crippen LogP contribution in [-0.4, -0.2) is 77.0 Å². The molecule has 2 amide bonds. The normalized spacial score (nSPS) is 24.8. The molecule has 2 saturated heterocycles. The highest BCUT2D eigenvalue weighted by atomic mass is 32.2. The van der Waals surface area contributed by atoms with Crippen LogP contribution in [0, 0.1) is 16.7 Å². The van der Waals surface area contributed by atoms with Crippen LogP contribution >= 0.6 is 0 Å². The number of H-pyrrole nitrogens is 1. The molecule has 2 spiro atoms. The van der Waals surface area contributed by atoms with Gasteiger partial charge in [-0.2, -0.15) is 18.3 Å². The van der Waals surface area contributed by atoms with Gasteiger partial charge in [0.1, 0.15) is 11.4 Å². The van der Waals surface area contributed by atoms with Gasteiger partial charge in [-0.1, -0.05) is 6.07 Å². The molecule has 5 fully saturated rings. The third kappa shape index (κ3) is 4.31. The van der Waals surface area contributed by atoms with Gasteiger partial charge in [0.2, 0.25) is 0 Å². The number of aromatic amines is 1. The van der Waals surface area contributed by atoms with Crippen LogP contribution in [0.3, 0.4) is 0 Å². The summed E-state index contributed by atoms with van der Waals surface area (Å²) in [5.74, 6) is 1.79. The Morgan fingerprint density at radius 2 is 1.68 bits per heavy atom. The molecule has 9 nitrogen and oxygen atoms in total. The van der Waals surface area contributed by atoms with Crippen molar-refractivity contribution < 1.29 is 31.5 Å². The van der Waals surface area contributed by atoms with Crippen molar-refractivity contribution in [3.63, 3.8) is 0 Å². The largest absolute Gasteiger partial charge is 0.416 e. The lowest BCUT2D eigenvalue weighted by Crippen LogP contribution is -2.71. The minimum atomic E-state index is -4.60. The predicted molar refractivity (Wildman–Crippen MR) is 136 cm³/mol. The Labute approximate surface area is 230 Å². The van der Waals surface area contributed by atoms with Crippen LogP contribution in [0.1, 0.15) is 67.2 Å². The fourth-order valence-electron chi connectivity index (χ4n) is 7.56. The maximum absolute atomic E-state index is 13.1. The molecule has 0 radical (unpaired) electrons. The van der Waals surface area contributed by atoms with Crippen molar-refractivity contribution in [2.75, 3.05) is 32.4 Å². The summed E-state index contributed by atoms with van der Waals surface area (Å²) in [5.41, 5.74) is -1.19. The third-order valence-electron chi connectivity index (χ3n) is 9.78. The summed E-state index contributed by atoms with van der Waals surface area (Å²) < 4.78 is 63.8. The number of aromatic nitrogens is 3. The Balaban J connectivity index is 0.880. The van der Waals surface area contributed by atoms with Crippen molar-refractivity contribution >= 4 is 15.9 Å². The molecule has 2 aromatic rings. The van der Waals surface area contributed by atoms with Crippen molar-refractivity contribution in [2.24, 2.45) is 16.7 Å². The lowest BCUT2D eigenvalue weighted by atomic mass is 9.56. The molecule has 0 bridgehead atoms. The monoisotopic (exact) mass is 579 g/mol. The van der Waals surface area contributed by atoms with E-state index in [1.54, 1.807) is 0 Å². The molecule has 2 aliphatic heterocycles. The molecule has 13 heteroatoms. The lowest BCUT2D eigenvalue weighted by Gasteiger charge is -2.63. The highest BCUT2D eigenvalue weighted by Gasteiger charge is 2.59. The molecular weight excluding hydrogens is 547 g/mol. The van der Waals surface area contributed by atoms with Crippen LogP contribution in [-0.2, 0) is 28.0 Å². The van der Waals surface area contributed by atoms with E-state index in [4.69, 9.17) is 0 Å². The van der Waals surface area contributed by atoms with Crippen LogP contribution in [0.4, 0.5) is 18.0 Å². The number of halogens is 3. The zero-order valence-electron chi connectivity index (χ0n) is 22.2. The Morgan fingerprint density at radius 3 is 2.23 bits per heavy atom. The maximum Gasteiger partial charge on any atom is 0.416 e. The number of rotatable bonds is 5. The predicted octanol–water partition coefficient (Wildman–Crippen LogP) is 3.46. The number of aliphatic hydroxyl groups is 1. The number of carbonyl (C=O) groups excluding carboxylic acids is 1. The Bertz CT molecular complexity index is 1470. The second kappa shape index (κ2) is 8.21. The van der Waals surface area contributed by atoms with Gasteiger partial charge in [-0.05, 0) is 68.6 Å². The van der Waals surface area contributed by atoms with Crippen LogP contribution in [0.15, 0.2) is 23.1 Å². The average Bonchev–Trinajstić information content (AvgIpc) is 3.31. The average molecular weight is 580 g/mol. The summed E-state index contributed by atoms with van der Waals surface area (Å²) in [6.07, 6.45) is 1.74. The molecule has 2 N–H and O–H groups in total. The number of hydrogen-bond donors (Lipinski definition) is 2. The van der Waals surface area contributed by atoms with Gasteiger partial charge in [-0.3, -0.25) is 5.10 Å². The van der Waals surface area contributed by atoms with E-state index < -0.39 is 27.2 Å². The number of alkyl halides is 3. The van der Waals surface area contributed by atoms with Crippen LogP contribution in [0.5, 0.6) is 0 Å². The molecule has 40 heavy (non-hydrogen) atoms. The first-order valence-electron chi connectivity index (χ1n) is 13.8. The SMILES string of the molecule is CS(=O)(=O)c1cc(C(F)(F)F)ccc1CC1CC2(C1)CN(C(=O)N1CC3(CC(c4nc(C5(O)CC5)n[nH]4)C3)C1)C2. The summed E-state index contributed by atoms with van der Waals surface area (Å²) in [4.78, 5) is 21.0. The molecule has 5 aliphatic rings. The van der Waals surface area contributed by atoms with E-state index in [2.05, 4.69) is 15.2 Å². The van der Waals surface area contributed by atoms with E-state index in [9.17, 15) is 31.5 Å². The second-order valence-corrected chi connectivity index (χ2v) is 15.2. The standard InChI is InChI=1S/C27H32F3N5O4S/c1-40(38,39)20-7-19(27(28,29)30)3-2-17(20)6-16-8-24(9-16)12-34(13-24)23(36)35-14-25(15-35)10-18(11-25)21-31-22(33-32-21)26(37)4-5-26/h2-3,7,16,18,37H,4-6,8-15H2,1H3,(H,31,32,33). The van der Waals surface area contributed by atoms with Crippen LogP contribution in [0.25, 0.3) is 0 Å². The quantitative estimate of drug-likeness (QED) is 0.560. The van der Waals surface area contributed by atoms with E-state index >= 15 is 0 Å². The van der Waals surface area contributed by atoms with Crippen molar-refractivity contribution in [3.8, 4) is 0 Å². The molecule has 3 aliphatic carbocycles. The zero-order valence-corrected chi connectivity index (χ0v) is 23.0. The van der Waals surface area contributed by atoms with Gasteiger partial charge in [-0.15, -0.1) is 0 Å². The minimum absolute atomic E-state index is 0.0389. The summed E-state index contributed by atoms with van der Waals surface area (Å²) >= 11 is 0. The van der Waals surface area contributed by atoms with Crippen molar-refractivity contribution in [1.82, 2.24) is 25.0 Å². The minimum Gasteiger partial charge on any atom is -0.382 e. The number of carbonyl (C=O) groups is 1. The van der Waals surface area contributed by atoms with Gasteiger partial charge in [0.15, 0.2) is 15.7 Å². The zero-order chi connectivity index (χ0) is 28.3. The molecule has 216 valence electrons. The highest BCUT2D eigenvalue weighted by molar-refractivity contribution is 7.90. The van der Waals surface area contributed by atoms with E-state index in [0.29, 0.717) is 43.7 Å². The van der Waals surface area contributed by atoms with Gasteiger partial charge in [0, 0.05) is 49.2 Å². The van der Waals surface area contributed by atoms with Gasteiger partial charge in [0.25, 0.3) is 0 Å². The third-order valence-corrected chi connectivity index (χ3v) is 11.0. The van der Waals surface area contributed by atoms with E-state index in [1.807, 2.05) is 9.80 Å². The van der Waals surface area contributed by atoms with Crippen LogP contribution < -0.4 is 0 Å². The summed E-state index contributed by atoms with van der Waals surface area (Å²) in [5, 5.41) is 17.4. The first kappa shape index (κ1) is 26.2. The van der Waals surface area contributed by atoms with E-state index in [1.165, 1.54) is 6.07 Å². The Morgan fingerprint density at radius 1 is 1.07 bits per heavy atom. The number of nitrogens with zero attached hydrogens (tertiary/aromatic N) is 4. The maximum atomic E-state index is 13.1. The second-order valence-electron chi connectivity index (χ2n) is 13.2. The fourth-order valence-corrected chi connectivity index (χ4v) is 8.53. The molecule has 1 aromatic carbocycles. The number of benzene rings is 1. The van der Waals surface area contributed by atoms with Crippen molar-refractivity contribution in [1.29, 1.82) is 0 Å². The van der Waals surface area contributed by atoms with Gasteiger partial charge >= 0.3 is 12.2 Å². The van der Waals surface area contributed by atoms with Crippen molar-refractivity contribution in [2.45, 2.75) is 67.5 Å². The van der Waals surface area contributed by atoms with Gasteiger partial charge < -0.3 is 14.9 Å². The number of hydrogen-bond acceptors (Lipinski definition) is 6. The number of likely N-dealkylation sites (tertiary alicyclic amines) is 2. The molecular formula is C27H32F3N5O4S. The van der Waals surface area contributed by atoms with E-state index in [-0.39, 0.29) is 33.6 Å². The summed E-state index contributed by atoms with van der Waals surface area (Å²) in [7, 11) is -3.80. The molecule has 1 aromatic heterocycles. The lowest BCUT2D eigenvalue weighted by molar-refractivity contribution is -0.137. The molecule has 0 atom stereocenters. The number of urea groups is 1. The van der Waals surface area contributed by atoms with Gasteiger partial charge in [0.05, 0.1) is 10.5 Å². The summed E-state index contributed by atoms with van der Waals surface area (Å²) in [6.45, 7) is 2.82. The molecule has 0 unspecified atom stereocenters. The fraction of sp³-hybridized carbons (Fsp3) is 0.667. The smallest absolute Gasteiger partial charge is 0.382 e. The van der Waals surface area contributed by atoms with Gasteiger partial charge in [-0.25, -0.2) is 18.2 Å². The number of sulfone groups is 1. The first-order valence-corrected chi connectivity index (χ1v) is 15.6. The molecule has 3 heterocycles. The topological polar surface area (TPSA) is 119 Å². The first-order chi connectivity index (χ1) is 18.7. The van der Waals surface area contributed by atoms with Crippen molar-refractivity contribution in [3.05, 3.63) is 41.0 Å². The molecule has 3 saturated carbocycles. The Hall–Kier alpha value is -2.67. The summed E-state index contributed by atoms with van der Waals surface area (Å²) in [6, 6.07) is 3.05. The highest BCUT2D eigenvalue weighted by Crippen LogP contribution is 2.57. The molecule has 7 rings (SSSR count). The van der Waals surface area contributed by atoms with E-state index in [0.717, 1.165) is 63.0 Å². The number of amides is 2. The Kier molecular flexibility index (Phi) is 5.38.